The fourth-order valence-electron chi connectivity index (χ4n) is 4.10. The molecule has 1 aliphatic heterocycles. The molecule has 1 saturated heterocycles. The molecule has 0 bridgehead atoms. The van der Waals surface area contributed by atoms with E-state index in [1.54, 1.807) is 42.5 Å². The van der Waals surface area contributed by atoms with Gasteiger partial charge in [-0.2, -0.15) is 0 Å². The highest BCUT2D eigenvalue weighted by atomic mass is 35.5. The van der Waals surface area contributed by atoms with Crippen LogP contribution in [0.4, 0.5) is 11.4 Å². The van der Waals surface area contributed by atoms with Gasteiger partial charge in [0, 0.05) is 42.1 Å². The van der Waals surface area contributed by atoms with Crippen LogP contribution in [-0.2, 0) is 9.59 Å². The van der Waals surface area contributed by atoms with Crippen LogP contribution in [0, 0.1) is 0 Å². The summed E-state index contributed by atoms with van der Waals surface area (Å²) < 4.78 is 5.75. The van der Waals surface area contributed by atoms with Crippen molar-refractivity contribution >= 4 is 40.4 Å². The molecule has 1 unspecified atom stereocenters. The summed E-state index contributed by atoms with van der Waals surface area (Å²) in [6.07, 6.45) is 0.840. The molecular formula is C28H27ClN2O4. The number of aliphatic hydroxyl groups is 1. The summed E-state index contributed by atoms with van der Waals surface area (Å²) in [5.74, 6) is -1.15. The zero-order valence-electron chi connectivity index (χ0n) is 19.9. The van der Waals surface area contributed by atoms with Crippen LogP contribution in [0.5, 0.6) is 5.75 Å². The Bertz CT molecular complexity index is 1280. The number of rotatable bonds is 7. The first-order valence-electron chi connectivity index (χ1n) is 11.4. The number of Topliss-reactive ketones (excluding diaryl/α,β-unsaturated/α-hetero) is 1. The second-order valence-electron chi connectivity index (χ2n) is 8.51. The molecule has 35 heavy (non-hydrogen) atoms. The standard InChI is InChI=1S/C28H27ClN2O4/c1-4-15-35-23-10-6-9-22(17-23)31-25(18-11-13-21(14-12-18)30(2)3)24(27(33)28(31)34)26(32)19-7-5-8-20(29)16-19/h5-14,16-17,25,32H,4,15H2,1-3H3/b26-24+. The minimum atomic E-state index is -0.827. The van der Waals surface area contributed by atoms with E-state index in [0.29, 0.717) is 34.2 Å². The molecule has 6 nitrogen and oxygen atoms in total. The summed E-state index contributed by atoms with van der Waals surface area (Å²) in [5.41, 5.74) is 2.54. The van der Waals surface area contributed by atoms with Crippen molar-refractivity contribution in [3.8, 4) is 5.75 Å². The molecule has 3 aromatic rings. The number of carbonyl (C=O) groups excluding carboxylic acids is 2. The van der Waals surface area contributed by atoms with Crippen LogP contribution in [0.2, 0.25) is 5.02 Å². The molecule has 0 aromatic heterocycles. The third kappa shape index (κ3) is 4.88. The lowest BCUT2D eigenvalue weighted by molar-refractivity contribution is -0.132. The summed E-state index contributed by atoms with van der Waals surface area (Å²) >= 11 is 6.13. The maximum atomic E-state index is 13.4. The van der Waals surface area contributed by atoms with Crippen molar-refractivity contribution in [2.24, 2.45) is 0 Å². The average molecular weight is 491 g/mol. The SMILES string of the molecule is CCCOc1cccc(N2C(=O)C(=O)/C(=C(/O)c3cccc(Cl)c3)C2c2ccc(N(C)C)cc2)c1. The minimum Gasteiger partial charge on any atom is -0.507 e. The molecule has 1 N–H and O–H groups in total. The Morgan fingerprint density at radius 3 is 2.40 bits per heavy atom. The molecule has 4 rings (SSSR count). The van der Waals surface area contributed by atoms with Crippen LogP contribution in [0.15, 0.2) is 78.4 Å². The van der Waals surface area contributed by atoms with E-state index < -0.39 is 17.7 Å². The van der Waals surface area contributed by atoms with Crippen LogP contribution in [0.1, 0.15) is 30.5 Å². The zero-order valence-corrected chi connectivity index (χ0v) is 20.6. The van der Waals surface area contributed by atoms with Gasteiger partial charge in [-0.1, -0.05) is 48.9 Å². The van der Waals surface area contributed by atoms with Gasteiger partial charge in [-0.05, 0) is 48.4 Å². The molecule has 7 heteroatoms. The number of hydrogen-bond acceptors (Lipinski definition) is 5. The zero-order chi connectivity index (χ0) is 25.1. The van der Waals surface area contributed by atoms with Crippen LogP contribution in [0.3, 0.4) is 0 Å². The summed E-state index contributed by atoms with van der Waals surface area (Å²) in [4.78, 5) is 30.1. The maximum absolute atomic E-state index is 13.4. The van der Waals surface area contributed by atoms with Gasteiger partial charge in [0.15, 0.2) is 0 Å². The van der Waals surface area contributed by atoms with E-state index in [1.165, 1.54) is 4.90 Å². The van der Waals surface area contributed by atoms with Gasteiger partial charge in [-0.3, -0.25) is 14.5 Å². The second-order valence-corrected chi connectivity index (χ2v) is 8.95. The van der Waals surface area contributed by atoms with E-state index in [9.17, 15) is 14.7 Å². The topological polar surface area (TPSA) is 70.1 Å². The number of anilines is 2. The normalized spacial score (nSPS) is 17.0. The van der Waals surface area contributed by atoms with Gasteiger partial charge in [0.25, 0.3) is 11.7 Å². The molecule has 0 radical (unpaired) electrons. The Morgan fingerprint density at radius 2 is 1.74 bits per heavy atom. The van der Waals surface area contributed by atoms with E-state index >= 15 is 0 Å². The number of carbonyl (C=O) groups is 2. The first-order chi connectivity index (χ1) is 16.8. The quantitative estimate of drug-likeness (QED) is 0.257. The number of nitrogens with zero attached hydrogens (tertiary/aromatic N) is 2. The van der Waals surface area contributed by atoms with Crippen molar-refractivity contribution < 1.29 is 19.4 Å². The predicted octanol–water partition coefficient (Wildman–Crippen LogP) is 5.82. The fraction of sp³-hybridized carbons (Fsp3) is 0.214. The molecular weight excluding hydrogens is 464 g/mol. The second kappa shape index (κ2) is 10.2. The molecule has 0 saturated carbocycles. The van der Waals surface area contributed by atoms with Gasteiger partial charge in [-0.15, -0.1) is 0 Å². The van der Waals surface area contributed by atoms with Gasteiger partial charge < -0.3 is 14.7 Å². The van der Waals surface area contributed by atoms with Gasteiger partial charge in [0.05, 0.1) is 18.2 Å². The van der Waals surface area contributed by atoms with Crippen LogP contribution < -0.4 is 14.5 Å². The number of ketones is 1. The molecule has 3 aromatic carbocycles. The molecule has 0 aliphatic carbocycles. The Balaban J connectivity index is 1.89. The number of hydrogen-bond donors (Lipinski definition) is 1. The van der Waals surface area contributed by atoms with E-state index in [-0.39, 0.29) is 11.3 Å². The van der Waals surface area contributed by atoms with Crippen molar-refractivity contribution in [2.75, 3.05) is 30.5 Å². The Kier molecular flexibility index (Phi) is 7.12. The third-order valence-electron chi connectivity index (χ3n) is 5.84. The monoisotopic (exact) mass is 490 g/mol. The number of ether oxygens (including phenoxy) is 1. The number of benzene rings is 3. The summed E-state index contributed by atoms with van der Waals surface area (Å²) in [7, 11) is 3.87. The summed E-state index contributed by atoms with van der Waals surface area (Å²) in [6.45, 7) is 2.54. The molecule has 1 aliphatic rings. The lowest BCUT2D eigenvalue weighted by Crippen LogP contribution is -2.29. The van der Waals surface area contributed by atoms with E-state index in [2.05, 4.69) is 0 Å². The van der Waals surface area contributed by atoms with Crippen LogP contribution in [-0.4, -0.2) is 37.5 Å². The highest BCUT2D eigenvalue weighted by Crippen LogP contribution is 2.43. The number of aliphatic hydroxyl groups excluding tert-OH is 1. The first kappa shape index (κ1) is 24.4. The number of halogens is 1. The molecule has 1 amide bonds. The van der Waals surface area contributed by atoms with Crippen LogP contribution in [0.25, 0.3) is 5.76 Å². The third-order valence-corrected chi connectivity index (χ3v) is 6.07. The predicted molar refractivity (Wildman–Crippen MR) is 139 cm³/mol. The molecule has 1 atom stereocenters. The minimum absolute atomic E-state index is 0.00903. The van der Waals surface area contributed by atoms with Gasteiger partial charge in [-0.25, -0.2) is 0 Å². The summed E-state index contributed by atoms with van der Waals surface area (Å²) in [5, 5.41) is 11.6. The van der Waals surface area contributed by atoms with Crippen molar-refractivity contribution in [2.45, 2.75) is 19.4 Å². The van der Waals surface area contributed by atoms with Gasteiger partial charge in [0.2, 0.25) is 0 Å². The van der Waals surface area contributed by atoms with Gasteiger partial charge in [0.1, 0.15) is 11.5 Å². The fourth-order valence-corrected chi connectivity index (χ4v) is 4.29. The number of amides is 1. The summed E-state index contributed by atoms with van der Waals surface area (Å²) in [6, 6.07) is 20.4. The van der Waals surface area contributed by atoms with Gasteiger partial charge >= 0.3 is 0 Å². The van der Waals surface area contributed by atoms with Crippen LogP contribution >= 0.6 is 11.6 Å². The van der Waals surface area contributed by atoms with E-state index in [1.807, 2.05) is 56.3 Å². The smallest absolute Gasteiger partial charge is 0.300 e. The highest BCUT2D eigenvalue weighted by Gasteiger charge is 2.47. The molecule has 1 fully saturated rings. The first-order valence-corrected chi connectivity index (χ1v) is 11.8. The van der Waals surface area contributed by atoms with E-state index in [4.69, 9.17) is 16.3 Å². The molecule has 180 valence electrons. The van der Waals surface area contributed by atoms with Crippen molar-refractivity contribution in [1.29, 1.82) is 0 Å². The van der Waals surface area contributed by atoms with Crippen molar-refractivity contribution in [1.82, 2.24) is 0 Å². The Hall–Kier alpha value is -3.77. The molecule has 0 spiro atoms. The Labute approximate surface area is 210 Å². The molecule has 1 heterocycles. The average Bonchev–Trinajstić information content (AvgIpc) is 3.12. The van der Waals surface area contributed by atoms with Crippen molar-refractivity contribution in [3.63, 3.8) is 0 Å². The Morgan fingerprint density at radius 1 is 1.03 bits per heavy atom. The largest absolute Gasteiger partial charge is 0.507 e. The van der Waals surface area contributed by atoms with E-state index in [0.717, 1.165) is 12.1 Å². The van der Waals surface area contributed by atoms with Crippen molar-refractivity contribution in [3.05, 3.63) is 94.5 Å². The highest BCUT2D eigenvalue weighted by molar-refractivity contribution is 6.51. The lowest BCUT2D eigenvalue weighted by Gasteiger charge is -2.26. The maximum Gasteiger partial charge on any atom is 0.300 e. The lowest BCUT2D eigenvalue weighted by atomic mass is 9.95.